The van der Waals surface area contributed by atoms with Gasteiger partial charge < -0.3 is 10.6 Å². The third-order valence-electron chi connectivity index (χ3n) is 1.83. The molecule has 15 heavy (non-hydrogen) atoms. The van der Waals surface area contributed by atoms with Crippen molar-refractivity contribution in [2.24, 2.45) is 0 Å². The molecule has 5 nitrogen and oxygen atoms in total. The smallest absolute Gasteiger partial charge is 0.131 e. The summed E-state index contributed by atoms with van der Waals surface area (Å²) >= 11 is 1.62. The van der Waals surface area contributed by atoms with Gasteiger partial charge in [0.05, 0.1) is 6.54 Å². The third-order valence-corrected chi connectivity index (χ3v) is 2.61. The average Bonchev–Trinajstić information content (AvgIpc) is 2.79. The SMILES string of the molecule is CNc1cc(NCc2nccs2)ncn1. The van der Waals surface area contributed by atoms with Gasteiger partial charge in [0.1, 0.15) is 23.0 Å². The number of nitrogens with one attached hydrogen (secondary N) is 2. The van der Waals surface area contributed by atoms with Crippen molar-refractivity contribution in [2.75, 3.05) is 17.7 Å². The number of thiazole rings is 1. The first-order valence-corrected chi connectivity index (χ1v) is 5.38. The molecule has 0 spiro atoms. The van der Waals surface area contributed by atoms with E-state index in [9.17, 15) is 0 Å². The largest absolute Gasteiger partial charge is 0.373 e. The molecule has 0 aromatic carbocycles. The highest BCUT2D eigenvalue weighted by Gasteiger charge is 1.98. The number of anilines is 2. The van der Waals surface area contributed by atoms with Gasteiger partial charge in [-0.3, -0.25) is 0 Å². The monoisotopic (exact) mass is 221 g/mol. The molecular formula is C9H11N5S. The van der Waals surface area contributed by atoms with Gasteiger partial charge in [-0.05, 0) is 0 Å². The molecule has 0 bridgehead atoms. The molecule has 2 heterocycles. The van der Waals surface area contributed by atoms with E-state index < -0.39 is 0 Å². The summed E-state index contributed by atoms with van der Waals surface area (Å²) in [6.07, 6.45) is 3.32. The van der Waals surface area contributed by atoms with Crippen molar-refractivity contribution in [3.63, 3.8) is 0 Å². The highest BCUT2D eigenvalue weighted by atomic mass is 32.1. The maximum absolute atomic E-state index is 4.17. The first-order valence-electron chi connectivity index (χ1n) is 4.50. The van der Waals surface area contributed by atoms with Gasteiger partial charge in [-0.15, -0.1) is 11.3 Å². The van der Waals surface area contributed by atoms with E-state index in [0.717, 1.165) is 16.6 Å². The van der Waals surface area contributed by atoms with Crippen molar-refractivity contribution in [3.8, 4) is 0 Å². The van der Waals surface area contributed by atoms with Gasteiger partial charge in [0, 0.05) is 24.7 Å². The zero-order chi connectivity index (χ0) is 10.5. The average molecular weight is 221 g/mol. The van der Waals surface area contributed by atoms with E-state index in [1.807, 2.05) is 18.5 Å². The van der Waals surface area contributed by atoms with Gasteiger partial charge >= 0.3 is 0 Å². The number of hydrogen-bond acceptors (Lipinski definition) is 6. The first kappa shape index (κ1) is 9.85. The highest BCUT2D eigenvalue weighted by molar-refractivity contribution is 7.09. The first-order chi connectivity index (χ1) is 7.38. The minimum Gasteiger partial charge on any atom is -0.373 e. The van der Waals surface area contributed by atoms with Gasteiger partial charge in [0.2, 0.25) is 0 Å². The Morgan fingerprint density at radius 3 is 2.87 bits per heavy atom. The fourth-order valence-corrected chi connectivity index (χ4v) is 1.65. The summed E-state index contributed by atoms with van der Waals surface area (Å²) < 4.78 is 0. The molecule has 0 aliphatic heterocycles. The van der Waals surface area contributed by atoms with Crippen LogP contribution in [0.3, 0.4) is 0 Å². The molecule has 0 atom stereocenters. The second-order valence-electron chi connectivity index (χ2n) is 2.82. The fourth-order valence-electron chi connectivity index (χ4n) is 1.10. The van der Waals surface area contributed by atoms with Crippen molar-refractivity contribution in [2.45, 2.75) is 6.54 Å². The second-order valence-corrected chi connectivity index (χ2v) is 3.80. The van der Waals surface area contributed by atoms with Crippen molar-refractivity contribution >= 4 is 23.0 Å². The van der Waals surface area contributed by atoms with E-state index in [2.05, 4.69) is 25.6 Å². The number of rotatable bonds is 4. The predicted octanol–water partition coefficient (Wildman–Crippen LogP) is 1.59. The molecule has 0 saturated carbocycles. The van der Waals surface area contributed by atoms with E-state index in [1.165, 1.54) is 6.33 Å². The summed E-state index contributed by atoms with van der Waals surface area (Å²) in [6.45, 7) is 0.692. The standard InChI is InChI=1S/C9H11N5S/c1-10-7-4-8(14-6-13-7)12-5-9-11-2-3-15-9/h2-4,6H,5H2,1H3,(H2,10,12,13,14). The highest BCUT2D eigenvalue weighted by Crippen LogP contribution is 2.10. The van der Waals surface area contributed by atoms with Crippen molar-refractivity contribution in [3.05, 3.63) is 29.0 Å². The minimum atomic E-state index is 0.692. The quantitative estimate of drug-likeness (QED) is 0.820. The Bertz CT molecular complexity index is 414. The lowest BCUT2D eigenvalue weighted by Gasteiger charge is -2.04. The molecule has 78 valence electrons. The van der Waals surface area contributed by atoms with Crippen LogP contribution in [0.15, 0.2) is 24.0 Å². The van der Waals surface area contributed by atoms with Gasteiger partial charge in [0.25, 0.3) is 0 Å². The second kappa shape index (κ2) is 4.70. The van der Waals surface area contributed by atoms with Crippen LogP contribution in [-0.4, -0.2) is 22.0 Å². The van der Waals surface area contributed by atoms with Crippen molar-refractivity contribution < 1.29 is 0 Å². The zero-order valence-electron chi connectivity index (χ0n) is 8.27. The Morgan fingerprint density at radius 1 is 1.27 bits per heavy atom. The molecule has 0 radical (unpaired) electrons. The molecule has 0 aliphatic rings. The topological polar surface area (TPSA) is 62.7 Å². The van der Waals surface area contributed by atoms with Crippen LogP contribution < -0.4 is 10.6 Å². The lowest BCUT2D eigenvalue weighted by atomic mass is 10.5. The summed E-state index contributed by atoms with van der Waals surface area (Å²) in [5.74, 6) is 1.59. The fraction of sp³-hybridized carbons (Fsp3) is 0.222. The molecule has 2 aromatic heterocycles. The molecule has 0 amide bonds. The number of hydrogen-bond donors (Lipinski definition) is 2. The molecule has 0 aliphatic carbocycles. The summed E-state index contributed by atoms with van der Waals surface area (Å²) in [4.78, 5) is 12.3. The van der Waals surface area contributed by atoms with Crippen LogP contribution in [0.25, 0.3) is 0 Å². The molecule has 0 unspecified atom stereocenters. The van der Waals surface area contributed by atoms with Gasteiger partial charge in [-0.1, -0.05) is 0 Å². The maximum Gasteiger partial charge on any atom is 0.131 e. The van der Waals surface area contributed by atoms with Crippen LogP contribution in [0.5, 0.6) is 0 Å². The minimum absolute atomic E-state index is 0.692. The van der Waals surface area contributed by atoms with Crippen LogP contribution in [0.4, 0.5) is 11.6 Å². The van der Waals surface area contributed by atoms with E-state index in [4.69, 9.17) is 0 Å². The molecule has 2 N–H and O–H groups in total. The molecule has 0 fully saturated rings. The Balaban J connectivity index is 1.98. The summed E-state index contributed by atoms with van der Waals surface area (Å²) in [6, 6.07) is 1.85. The van der Waals surface area contributed by atoms with Gasteiger partial charge in [0.15, 0.2) is 0 Å². The predicted molar refractivity (Wildman–Crippen MR) is 61.0 cm³/mol. The van der Waals surface area contributed by atoms with Gasteiger partial charge in [-0.2, -0.15) is 0 Å². The van der Waals surface area contributed by atoms with E-state index >= 15 is 0 Å². The summed E-state index contributed by atoms with van der Waals surface area (Å²) in [5.41, 5.74) is 0. The number of nitrogens with zero attached hydrogens (tertiary/aromatic N) is 3. The van der Waals surface area contributed by atoms with Gasteiger partial charge in [-0.25, -0.2) is 15.0 Å². The molecular weight excluding hydrogens is 210 g/mol. The lowest BCUT2D eigenvalue weighted by molar-refractivity contribution is 1.06. The molecule has 6 heteroatoms. The van der Waals surface area contributed by atoms with Crippen molar-refractivity contribution in [1.82, 2.24) is 15.0 Å². The Morgan fingerprint density at radius 2 is 2.13 bits per heavy atom. The molecule has 2 aromatic rings. The molecule has 2 rings (SSSR count). The Labute approximate surface area is 91.6 Å². The van der Waals surface area contributed by atoms with E-state index in [-0.39, 0.29) is 0 Å². The summed E-state index contributed by atoms with van der Waals surface area (Å²) in [5, 5.41) is 9.13. The lowest BCUT2D eigenvalue weighted by Crippen LogP contribution is -2.02. The molecule has 0 saturated heterocycles. The maximum atomic E-state index is 4.17. The normalized spacial score (nSPS) is 9.93. The van der Waals surface area contributed by atoms with Crippen LogP contribution in [0, 0.1) is 0 Å². The third kappa shape index (κ3) is 2.63. The number of aromatic nitrogens is 3. The summed E-state index contributed by atoms with van der Waals surface area (Å²) in [7, 11) is 1.83. The zero-order valence-corrected chi connectivity index (χ0v) is 9.08. The Kier molecular flexibility index (Phi) is 3.08. The van der Waals surface area contributed by atoms with Crippen LogP contribution in [0.2, 0.25) is 0 Å². The van der Waals surface area contributed by atoms with Crippen LogP contribution in [-0.2, 0) is 6.54 Å². The van der Waals surface area contributed by atoms with Crippen LogP contribution >= 0.6 is 11.3 Å². The van der Waals surface area contributed by atoms with Crippen LogP contribution in [0.1, 0.15) is 5.01 Å². The van der Waals surface area contributed by atoms with Crippen molar-refractivity contribution in [1.29, 1.82) is 0 Å². The van der Waals surface area contributed by atoms with E-state index in [1.54, 1.807) is 17.5 Å². The van der Waals surface area contributed by atoms with E-state index in [0.29, 0.717) is 6.54 Å². The Hall–Kier alpha value is -1.69.